The van der Waals surface area contributed by atoms with Crippen LogP contribution in [0.4, 0.5) is 0 Å². The normalized spacial score (nSPS) is 19.5. The molecule has 1 rings (SSSR count). The van der Waals surface area contributed by atoms with Crippen molar-refractivity contribution in [1.82, 2.24) is 5.32 Å². The van der Waals surface area contributed by atoms with Gasteiger partial charge in [-0.25, -0.2) is 8.42 Å². The number of aliphatic hydroxyl groups is 1. The van der Waals surface area contributed by atoms with Crippen molar-refractivity contribution in [3.8, 4) is 0 Å². The smallest absolute Gasteiger partial charge is 0.152 e. The molecule has 0 bridgehead atoms. The molecule has 0 radical (unpaired) electrons. The number of aliphatic hydroxyl groups excluding tert-OH is 1. The molecule has 1 atom stereocenters. The van der Waals surface area contributed by atoms with Crippen LogP contribution in [0.2, 0.25) is 0 Å². The summed E-state index contributed by atoms with van der Waals surface area (Å²) in [5, 5.41) is 12.4. The minimum atomic E-state index is -3.00. The highest BCUT2D eigenvalue weighted by molar-refractivity contribution is 7.91. The van der Waals surface area contributed by atoms with E-state index in [2.05, 4.69) is 5.32 Å². The van der Waals surface area contributed by atoms with Gasteiger partial charge in [0, 0.05) is 12.6 Å². The third-order valence-electron chi connectivity index (χ3n) is 2.67. The van der Waals surface area contributed by atoms with Crippen molar-refractivity contribution in [1.29, 1.82) is 0 Å². The maximum Gasteiger partial charge on any atom is 0.152 e. The summed E-state index contributed by atoms with van der Waals surface area (Å²) >= 11 is 0. The second-order valence-corrected chi connectivity index (χ2v) is 7.22. The third kappa shape index (κ3) is 4.95. The van der Waals surface area contributed by atoms with Crippen LogP contribution in [-0.2, 0) is 9.84 Å². The Labute approximate surface area is 92.0 Å². The van der Waals surface area contributed by atoms with Gasteiger partial charge in [-0.3, -0.25) is 0 Å². The van der Waals surface area contributed by atoms with Crippen molar-refractivity contribution < 1.29 is 13.5 Å². The Morgan fingerprint density at radius 2 is 2.00 bits per heavy atom. The predicted octanol–water partition coefficient (Wildman–Crippen LogP) is 0.313. The molecule has 0 aromatic carbocycles. The van der Waals surface area contributed by atoms with Crippen LogP contribution < -0.4 is 5.32 Å². The largest absolute Gasteiger partial charge is 0.392 e. The van der Waals surface area contributed by atoms with Gasteiger partial charge in [0.15, 0.2) is 9.84 Å². The number of hydrogen-bond donors (Lipinski definition) is 2. The molecule has 1 aliphatic rings. The van der Waals surface area contributed by atoms with Crippen LogP contribution in [0.3, 0.4) is 0 Å². The molecule has 0 spiro atoms. The highest BCUT2D eigenvalue weighted by Gasteiger charge is 2.22. The minimum absolute atomic E-state index is 0.0815. The molecule has 5 heteroatoms. The van der Waals surface area contributed by atoms with Crippen LogP contribution in [0.15, 0.2) is 0 Å². The molecule has 0 heterocycles. The van der Waals surface area contributed by atoms with Gasteiger partial charge in [0.2, 0.25) is 0 Å². The topological polar surface area (TPSA) is 66.4 Å². The van der Waals surface area contributed by atoms with Crippen LogP contribution >= 0.6 is 0 Å². The second kappa shape index (κ2) is 5.27. The first-order chi connectivity index (χ1) is 6.92. The molecule has 0 aromatic rings. The standard InChI is InChI=1S/C10H21NO3S/c1-8(2)15(13,14)6-5-10(12)7-11-9-3-4-9/h8-12H,3-7H2,1-2H3. The van der Waals surface area contributed by atoms with Crippen LogP contribution in [0.5, 0.6) is 0 Å². The third-order valence-corrected chi connectivity index (χ3v) is 4.91. The van der Waals surface area contributed by atoms with E-state index in [9.17, 15) is 13.5 Å². The molecular weight excluding hydrogens is 214 g/mol. The first kappa shape index (κ1) is 12.9. The molecule has 1 fully saturated rings. The molecular formula is C10H21NO3S. The Hall–Kier alpha value is -0.130. The Bertz CT molecular complexity index is 283. The number of sulfone groups is 1. The zero-order valence-electron chi connectivity index (χ0n) is 9.44. The van der Waals surface area contributed by atoms with Crippen LogP contribution in [0.25, 0.3) is 0 Å². The average molecular weight is 235 g/mol. The first-order valence-electron chi connectivity index (χ1n) is 5.55. The SMILES string of the molecule is CC(C)S(=O)(=O)CCC(O)CNC1CC1. The molecule has 4 nitrogen and oxygen atoms in total. The van der Waals surface area contributed by atoms with Gasteiger partial charge in [-0.2, -0.15) is 0 Å². The monoisotopic (exact) mass is 235 g/mol. The predicted molar refractivity (Wildman–Crippen MR) is 60.6 cm³/mol. The fourth-order valence-electron chi connectivity index (χ4n) is 1.23. The molecule has 0 amide bonds. The average Bonchev–Trinajstić information content (AvgIpc) is 2.94. The van der Waals surface area contributed by atoms with E-state index in [1.54, 1.807) is 13.8 Å². The fourth-order valence-corrected chi connectivity index (χ4v) is 2.30. The minimum Gasteiger partial charge on any atom is -0.392 e. The first-order valence-corrected chi connectivity index (χ1v) is 7.26. The Kier molecular flexibility index (Phi) is 4.55. The van der Waals surface area contributed by atoms with Gasteiger partial charge in [-0.15, -0.1) is 0 Å². The summed E-state index contributed by atoms with van der Waals surface area (Å²) < 4.78 is 22.9. The van der Waals surface area contributed by atoms with Crippen molar-refractivity contribution in [3.63, 3.8) is 0 Å². The van der Waals surface area contributed by atoms with Gasteiger partial charge in [0.05, 0.1) is 17.1 Å². The van der Waals surface area contributed by atoms with Crippen LogP contribution in [-0.4, -0.2) is 43.2 Å². The summed E-state index contributed by atoms with van der Waals surface area (Å²) in [7, 11) is -3.00. The van der Waals surface area contributed by atoms with E-state index in [4.69, 9.17) is 0 Å². The summed E-state index contributed by atoms with van der Waals surface area (Å²) in [4.78, 5) is 0. The van der Waals surface area contributed by atoms with Gasteiger partial charge < -0.3 is 10.4 Å². The van der Waals surface area contributed by atoms with Crippen molar-refractivity contribution in [3.05, 3.63) is 0 Å². The fraction of sp³-hybridized carbons (Fsp3) is 1.00. The van der Waals surface area contributed by atoms with Crippen LogP contribution in [0, 0.1) is 0 Å². The zero-order valence-corrected chi connectivity index (χ0v) is 10.3. The number of nitrogens with one attached hydrogen (secondary N) is 1. The lowest BCUT2D eigenvalue weighted by atomic mass is 10.3. The highest BCUT2D eigenvalue weighted by Crippen LogP contribution is 2.18. The van der Waals surface area contributed by atoms with Gasteiger partial charge in [0.1, 0.15) is 0 Å². The zero-order chi connectivity index (χ0) is 11.5. The molecule has 15 heavy (non-hydrogen) atoms. The highest BCUT2D eigenvalue weighted by atomic mass is 32.2. The molecule has 90 valence electrons. The van der Waals surface area contributed by atoms with E-state index in [1.165, 1.54) is 12.8 Å². The number of hydrogen-bond acceptors (Lipinski definition) is 4. The maximum absolute atomic E-state index is 11.5. The molecule has 0 saturated heterocycles. The Morgan fingerprint density at radius 3 is 2.47 bits per heavy atom. The molecule has 1 unspecified atom stereocenters. The summed E-state index contributed by atoms with van der Waals surface area (Å²) in [6.45, 7) is 3.85. The van der Waals surface area contributed by atoms with Gasteiger partial charge in [-0.1, -0.05) is 0 Å². The van der Waals surface area contributed by atoms with E-state index < -0.39 is 15.9 Å². The second-order valence-electron chi connectivity index (χ2n) is 4.54. The quantitative estimate of drug-likeness (QED) is 0.666. The van der Waals surface area contributed by atoms with Crippen molar-refractivity contribution in [2.24, 2.45) is 0 Å². The van der Waals surface area contributed by atoms with Crippen molar-refractivity contribution in [2.45, 2.75) is 50.5 Å². The van der Waals surface area contributed by atoms with E-state index in [0.717, 1.165) is 0 Å². The van der Waals surface area contributed by atoms with Crippen molar-refractivity contribution in [2.75, 3.05) is 12.3 Å². The molecule has 1 saturated carbocycles. The Morgan fingerprint density at radius 1 is 1.40 bits per heavy atom. The van der Waals surface area contributed by atoms with Gasteiger partial charge in [0.25, 0.3) is 0 Å². The van der Waals surface area contributed by atoms with Crippen molar-refractivity contribution >= 4 is 9.84 Å². The van der Waals surface area contributed by atoms with Crippen LogP contribution in [0.1, 0.15) is 33.1 Å². The lowest BCUT2D eigenvalue weighted by Crippen LogP contribution is -2.31. The molecule has 2 N–H and O–H groups in total. The lowest BCUT2D eigenvalue weighted by Gasteiger charge is -2.12. The molecule has 0 aromatic heterocycles. The molecule has 1 aliphatic carbocycles. The lowest BCUT2D eigenvalue weighted by molar-refractivity contribution is 0.167. The van der Waals surface area contributed by atoms with Gasteiger partial charge in [-0.05, 0) is 33.1 Å². The summed E-state index contributed by atoms with van der Waals surface area (Å²) in [6.07, 6.45) is 2.15. The Balaban J connectivity index is 2.17. The van der Waals surface area contributed by atoms with E-state index >= 15 is 0 Å². The van der Waals surface area contributed by atoms with E-state index in [0.29, 0.717) is 19.0 Å². The maximum atomic E-state index is 11.5. The van der Waals surface area contributed by atoms with E-state index in [1.807, 2.05) is 0 Å². The summed E-state index contributed by atoms with van der Waals surface area (Å²) in [5.41, 5.74) is 0. The van der Waals surface area contributed by atoms with E-state index in [-0.39, 0.29) is 11.0 Å². The summed E-state index contributed by atoms with van der Waals surface area (Å²) in [6, 6.07) is 0.557. The van der Waals surface area contributed by atoms with Gasteiger partial charge >= 0.3 is 0 Å². The summed E-state index contributed by atoms with van der Waals surface area (Å²) in [5.74, 6) is 0.0815. The number of rotatable bonds is 7. The molecule has 0 aliphatic heterocycles.